The van der Waals surface area contributed by atoms with Gasteiger partial charge in [-0.05, 0) is 101 Å². The first-order chi connectivity index (χ1) is 16.3. The fourth-order valence-corrected chi connectivity index (χ4v) is 3.53. The molecule has 0 unspecified atom stereocenters. The summed E-state index contributed by atoms with van der Waals surface area (Å²) in [5.74, 6) is 0.571. The quantitative estimate of drug-likeness (QED) is 0.499. The number of anilines is 1. The molecule has 4 heterocycles. The van der Waals surface area contributed by atoms with E-state index in [4.69, 9.17) is 0 Å². The first-order valence-corrected chi connectivity index (χ1v) is 11.5. The number of piperidine rings is 1. The van der Waals surface area contributed by atoms with E-state index in [0.29, 0.717) is 0 Å². The molecule has 1 saturated heterocycles. The van der Waals surface area contributed by atoms with Crippen molar-refractivity contribution in [2.75, 3.05) is 25.5 Å². The van der Waals surface area contributed by atoms with Crippen molar-refractivity contribution < 1.29 is 4.39 Å². The summed E-state index contributed by atoms with van der Waals surface area (Å²) < 4.78 is 12.1. The van der Waals surface area contributed by atoms with Gasteiger partial charge in [-0.1, -0.05) is 19.2 Å². The molecule has 34 heavy (non-hydrogen) atoms. The lowest BCUT2D eigenvalue weighted by Crippen LogP contribution is -2.31. The van der Waals surface area contributed by atoms with Crippen molar-refractivity contribution in [2.45, 2.75) is 40.0 Å². The summed E-state index contributed by atoms with van der Waals surface area (Å²) in [4.78, 5) is 10.5. The maximum atomic E-state index is 12.1. The Morgan fingerprint density at radius 1 is 1.18 bits per heavy atom. The molecule has 182 valence electrons. The van der Waals surface area contributed by atoms with E-state index in [1.807, 2.05) is 13.1 Å². The number of hydrogen-bond acceptors (Lipinski definition) is 5. The molecule has 0 aliphatic carbocycles. The van der Waals surface area contributed by atoms with Gasteiger partial charge < -0.3 is 10.2 Å². The van der Waals surface area contributed by atoms with Gasteiger partial charge in [0.2, 0.25) is 0 Å². The molecule has 2 N–H and O–H groups in total. The molecule has 0 radical (unpaired) electrons. The predicted molar refractivity (Wildman–Crippen MR) is 139 cm³/mol. The number of allylic oxidation sites excluding steroid dienone is 1. The second-order valence-corrected chi connectivity index (χ2v) is 8.75. The average molecular weight is 465 g/mol. The Morgan fingerprint density at radius 3 is 2.44 bits per heavy atom. The van der Waals surface area contributed by atoms with Crippen molar-refractivity contribution >= 4 is 11.3 Å². The Morgan fingerprint density at radius 2 is 1.91 bits per heavy atom. The monoisotopic (exact) mass is 464 g/mol. The SMILES string of the molecule is C=CNc1cn[nH]c1C(=C)C.Cc1ccc(CC2CCN(C)CC2)nc1.Cc1cncc(F)c1. The zero-order chi connectivity index (χ0) is 24.9. The Labute approximate surface area is 203 Å². The summed E-state index contributed by atoms with van der Waals surface area (Å²) in [5.41, 5.74) is 6.14. The molecule has 0 amide bonds. The van der Waals surface area contributed by atoms with E-state index < -0.39 is 0 Å². The lowest BCUT2D eigenvalue weighted by Gasteiger charge is -2.28. The third kappa shape index (κ3) is 9.67. The van der Waals surface area contributed by atoms with Crippen molar-refractivity contribution in [1.82, 2.24) is 25.1 Å². The lowest BCUT2D eigenvalue weighted by molar-refractivity contribution is 0.218. The predicted octanol–water partition coefficient (Wildman–Crippen LogP) is 5.80. The Bertz CT molecular complexity index is 1000. The van der Waals surface area contributed by atoms with E-state index in [1.165, 1.54) is 49.5 Å². The normalized spacial score (nSPS) is 13.7. The van der Waals surface area contributed by atoms with Gasteiger partial charge in [0.25, 0.3) is 0 Å². The summed E-state index contributed by atoms with van der Waals surface area (Å²) in [6.07, 6.45) is 11.9. The molecule has 0 saturated carbocycles. The van der Waals surface area contributed by atoms with Crippen LogP contribution in [0.25, 0.3) is 5.57 Å². The van der Waals surface area contributed by atoms with Gasteiger partial charge in [0, 0.05) is 18.1 Å². The Hall–Kier alpha value is -3.32. The fraction of sp³-hybridized carbons (Fsp3) is 0.370. The van der Waals surface area contributed by atoms with Crippen LogP contribution in [0.2, 0.25) is 0 Å². The highest BCUT2D eigenvalue weighted by Crippen LogP contribution is 2.20. The van der Waals surface area contributed by atoms with E-state index in [-0.39, 0.29) is 5.82 Å². The molecule has 0 aromatic carbocycles. The minimum Gasteiger partial charge on any atom is -0.359 e. The van der Waals surface area contributed by atoms with Gasteiger partial charge in [0.05, 0.1) is 23.8 Å². The second-order valence-electron chi connectivity index (χ2n) is 8.75. The molecular formula is C27H37FN6. The van der Waals surface area contributed by atoms with Crippen molar-refractivity contribution in [3.8, 4) is 0 Å². The van der Waals surface area contributed by atoms with Gasteiger partial charge in [0.1, 0.15) is 5.82 Å². The molecule has 6 nitrogen and oxygen atoms in total. The van der Waals surface area contributed by atoms with Crippen LogP contribution in [0, 0.1) is 25.6 Å². The summed E-state index contributed by atoms with van der Waals surface area (Å²) in [6.45, 7) is 15.7. The smallest absolute Gasteiger partial charge is 0.141 e. The van der Waals surface area contributed by atoms with Crippen molar-refractivity contribution in [2.24, 2.45) is 5.92 Å². The zero-order valence-corrected chi connectivity index (χ0v) is 20.8. The molecule has 0 bridgehead atoms. The zero-order valence-electron chi connectivity index (χ0n) is 20.8. The molecule has 1 aliphatic heterocycles. The van der Waals surface area contributed by atoms with Crippen LogP contribution < -0.4 is 5.32 Å². The topological polar surface area (TPSA) is 69.7 Å². The number of halogens is 1. The van der Waals surface area contributed by atoms with Crippen LogP contribution in [0.15, 0.2) is 62.3 Å². The van der Waals surface area contributed by atoms with Crippen LogP contribution in [-0.2, 0) is 6.42 Å². The van der Waals surface area contributed by atoms with Gasteiger partial charge in [-0.25, -0.2) is 4.39 Å². The third-order valence-electron chi connectivity index (χ3n) is 5.47. The third-order valence-corrected chi connectivity index (χ3v) is 5.47. The fourth-order valence-electron chi connectivity index (χ4n) is 3.53. The number of nitrogens with zero attached hydrogens (tertiary/aromatic N) is 4. The molecule has 0 spiro atoms. The van der Waals surface area contributed by atoms with Gasteiger partial charge in [-0.15, -0.1) is 0 Å². The summed E-state index contributed by atoms with van der Waals surface area (Å²) in [6, 6.07) is 5.78. The number of aryl methyl sites for hydroxylation is 2. The van der Waals surface area contributed by atoms with Gasteiger partial charge >= 0.3 is 0 Å². The van der Waals surface area contributed by atoms with E-state index in [9.17, 15) is 4.39 Å². The minimum atomic E-state index is -0.273. The van der Waals surface area contributed by atoms with E-state index in [2.05, 4.69) is 69.6 Å². The maximum absolute atomic E-state index is 12.1. The maximum Gasteiger partial charge on any atom is 0.141 e. The highest BCUT2D eigenvalue weighted by Gasteiger charge is 2.17. The number of H-pyrrole nitrogens is 1. The van der Waals surface area contributed by atoms with Crippen molar-refractivity contribution in [1.29, 1.82) is 0 Å². The van der Waals surface area contributed by atoms with E-state index >= 15 is 0 Å². The average Bonchev–Trinajstić information content (AvgIpc) is 3.27. The molecule has 3 aromatic rings. The summed E-state index contributed by atoms with van der Waals surface area (Å²) >= 11 is 0. The van der Waals surface area contributed by atoms with Crippen LogP contribution in [0.5, 0.6) is 0 Å². The summed E-state index contributed by atoms with van der Waals surface area (Å²) in [5, 5.41) is 9.64. The number of hydrogen-bond donors (Lipinski definition) is 2. The van der Waals surface area contributed by atoms with Crippen LogP contribution in [0.1, 0.15) is 42.3 Å². The molecule has 4 rings (SSSR count). The van der Waals surface area contributed by atoms with Crippen LogP contribution in [-0.4, -0.2) is 45.2 Å². The molecule has 1 aliphatic rings. The standard InChI is InChI=1S/C13H20N2.C8H11N3.C6H6FN/c1-11-3-4-13(14-10-11)9-12-5-7-15(2)8-6-12;1-4-9-7-5-10-11-8(7)6(2)3;1-5-2-6(7)4-8-3-5/h3-4,10,12H,5-9H2,1-2H3;4-5,9H,1-2H2,3H3,(H,10,11);2-4H,1H3. The van der Waals surface area contributed by atoms with Gasteiger partial charge in [-0.2, -0.15) is 5.10 Å². The van der Waals surface area contributed by atoms with E-state index in [1.54, 1.807) is 25.5 Å². The molecule has 0 atom stereocenters. The highest BCUT2D eigenvalue weighted by molar-refractivity contribution is 5.70. The number of nitrogens with one attached hydrogen (secondary N) is 2. The first-order valence-electron chi connectivity index (χ1n) is 11.5. The van der Waals surface area contributed by atoms with E-state index in [0.717, 1.165) is 34.9 Å². The second kappa shape index (κ2) is 14.1. The minimum absolute atomic E-state index is 0.273. The van der Waals surface area contributed by atoms with Crippen molar-refractivity contribution in [3.63, 3.8) is 0 Å². The highest BCUT2D eigenvalue weighted by atomic mass is 19.1. The van der Waals surface area contributed by atoms with Gasteiger partial charge in [0.15, 0.2) is 0 Å². The summed E-state index contributed by atoms with van der Waals surface area (Å²) in [7, 11) is 2.21. The molecular weight excluding hydrogens is 427 g/mol. The lowest BCUT2D eigenvalue weighted by atomic mass is 9.92. The van der Waals surface area contributed by atoms with Gasteiger partial charge in [-0.3, -0.25) is 15.1 Å². The molecule has 7 heteroatoms. The molecule has 1 fully saturated rings. The largest absolute Gasteiger partial charge is 0.359 e. The van der Waals surface area contributed by atoms with Crippen LogP contribution in [0.3, 0.4) is 0 Å². The number of aromatic nitrogens is 4. The number of likely N-dealkylation sites (tertiary alicyclic amines) is 1. The van der Waals surface area contributed by atoms with Crippen LogP contribution >= 0.6 is 0 Å². The molecule has 3 aromatic heterocycles. The number of rotatable bonds is 5. The number of aromatic amines is 1. The first kappa shape index (κ1) is 26.9. The Kier molecular flexibility index (Phi) is 11.1. The number of pyridine rings is 2. The van der Waals surface area contributed by atoms with Crippen molar-refractivity contribution in [3.05, 3.63) is 90.7 Å². The Balaban J connectivity index is 0.000000190. The van der Waals surface area contributed by atoms with Crippen LogP contribution in [0.4, 0.5) is 10.1 Å².